The Kier molecular flexibility index (Phi) is 6.25. The first-order valence-corrected chi connectivity index (χ1v) is 10.7. The molecule has 1 aliphatic rings. The topological polar surface area (TPSA) is 68.0 Å². The number of nitrogens with zero attached hydrogens (tertiary/aromatic N) is 2. The standard InChI is InChI=1S/C21H29N3O2S/c1-14-7-5-6-8-17(14)22-18(25)13-27-20-24-23-19(26-20)15-9-11-16(12-10-15)21(2,3)4/h9-12,14,17H,5-8,13H2,1-4H3,(H,22,25)/t14-,17-/m0/s1. The zero-order valence-corrected chi connectivity index (χ0v) is 17.4. The van der Waals surface area contributed by atoms with E-state index in [9.17, 15) is 4.79 Å². The molecule has 27 heavy (non-hydrogen) atoms. The Morgan fingerprint density at radius 1 is 1.19 bits per heavy atom. The maximum atomic E-state index is 12.2. The molecule has 1 heterocycles. The first-order chi connectivity index (χ1) is 12.8. The van der Waals surface area contributed by atoms with E-state index in [1.54, 1.807) is 0 Å². The van der Waals surface area contributed by atoms with Gasteiger partial charge in [0.1, 0.15) is 0 Å². The fraction of sp³-hybridized carbons (Fsp3) is 0.571. The average Bonchev–Trinajstić information content (AvgIpc) is 3.10. The van der Waals surface area contributed by atoms with Crippen LogP contribution in [0.3, 0.4) is 0 Å². The number of hydrogen-bond acceptors (Lipinski definition) is 5. The molecule has 1 saturated carbocycles. The van der Waals surface area contributed by atoms with Crippen molar-refractivity contribution < 1.29 is 9.21 Å². The Balaban J connectivity index is 1.54. The van der Waals surface area contributed by atoms with E-state index in [1.807, 2.05) is 12.1 Å². The van der Waals surface area contributed by atoms with Crippen molar-refractivity contribution in [3.63, 3.8) is 0 Å². The summed E-state index contributed by atoms with van der Waals surface area (Å²) in [6.45, 7) is 8.76. The smallest absolute Gasteiger partial charge is 0.277 e. The van der Waals surface area contributed by atoms with Crippen molar-refractivity contribution in [2.75, 3.05) is 5.75 Å². The van der Waals surface area contributed by atoms with Crippen molar-refractivity contribution in [2.45, 2.75) is 70.1 Å². The van der Waals surface area contributed by atoms with Crippen LogP contribution in [-0.4, -0.2) is 27.9 Å². The average molecular weight is 388 g/mol. The number of carbonyl (C=O) groups excluding carboxylic acids is 1. The van der Waals surface area contributed by atoms with Crippen LogP contribution in [0.2, 0.25) is 0 Å². The first kappa shape index (κ1) is 19.9. The lowest BCUT2D eigenvalue weighted by atomic mass is 9.86. The molecular formula is C21H29N3O2S. The van der Waals surface area contributed by atoms with Gasteiger partial charge in [-0.1, -0.05) is 64.4 Å². The van der Waals surface area contributed by atoms with Gasteiger partial charge in [0.05, 0.1) is 5.75 Å². The number of benzene rings is 1. The summed E-state index contributed by atoms with van der Waals surface area (Å²) >= 11 is 1.29. The number of nitrogens with one attached hydrogen (secondary N) is 1. The minimum absolute atomic E-state index is 0.0352. The number of hydrogen-bond donors (Lipinski definition) is 1. The largest absolute Gasteiger partial charge is 0.411 e. The normalized spacial score (nSPS) is 20.4. The van der Waals surface area contributed by atoms with Crippen molar-refractivity contribution in [1.29, 1.82) is 0 Å². The Labute approximate surface area is 165 Å². The number of aromatic nitrogens is 2. The van der Waals surface area contributed by atoms with Gasteiger partial charge in [-0.15, -0.1) is 10.2 Å². The van der Waals surface area contributed by atoms with Crippen molar-refractivity contribution in [3.8, 4) is 11.5 Å². The summed E-state index contributed by atoms with van der Waals surface area (Å²) in [6, 6.07) is 8.47. The molecule has 0 saturated heterocycles. The Hall–Kier alpha value is -1.82. The molecule has 0 bridgehead atoms. The Morgan fingerprint density at radius 3 is 2.56 bits per heavy atom. The lowest BCUT2D eigenvalue weighted by Gasteiger charge is -2.29. The Morgan fingerprint density at radius 2 is 1.89 bits per heavy atom. The molecule has 3 rings (SSSR count). The van der Waals surface area contributed by atoms with Crippen LogP contribution in [-0.2, 0) is 10.2 Å². The number of carbonyl (C=O) groups is 1. The molecule has 0 aliphatic heterocycles. The molecule has 0 spiro atoms. The van der Waals surface area contributed by atoms with E-state index < -0.39 is 0 Å². The van der Waals surface area contributed by atoms with Crippen LogP contribution in [0.1, 0.15) is 58.9 Å². The van der Waals surface area contributed by atoms with Crippen LogP contribution in [0.25, 0.3) is 11.5 Å². The van der Waals surface area contributed by atoms with Gasteiger partial charge in [-0.05, 0) is 41.9 Å². The molecule has 1 aromatic heterocycles. The summed E-state index contributed by atoms with van der Waals surface area (Å²) in [7, 11) is 0. The van der Waals surface area contributed by atoms with Gasteiger partial charge in [0, 0.05) is 11.6 Å². The van der Waals surface area contributed by atoms with Crippen molar-refractivity contribution in [2.24, 2.45) is 5.92 Å². The lowest BCUT2D eigenvalue weighted by Crippen LogP contribution is -2.41. The van der Waals surface area contributed by atoms with E-state index in [2.05, 4.69) is 55.3 Å². The molecule has 1 amide bonds. The van der Waals surface area contributed by atoms with Gasteiger partial charge in [0.2, 0.25) is 11.8 Å². The van der Waals surface area contributed by atoms with E-state index in [-0.39, 0.29) is 11.3 Å². The Bertz CT molecular complexity index is 764. The van der Waals surface area contributed by atoms with E-state index >= 15 is 0 Å². The molecule has 1 aliphatic carbocycles. The number of rotatable bonds is 5. The van der Waals surface area contributed by atoms with Crippen LogP contribution < -0.4 is 5.32 Å². The van der Waals surface area contributed by atoms with Gasteiger partial charge in [-0.3, -0.25) is 4.79 Å². The summed E-state index contributed by atoms with van der Waals surface area (Å²) in [6.07, 6.45) is 4.74. The number of thioether (sulfide) groups is 1. The maximum Gasteiger partial charge on any atom is 0.277 e. The van der Waals surface area contributed by atoms with Gasteiger partial charge in [0.25, 0.3) is 5.22 Å². The predicted octanol–water partition coefficient (Wildman–Crippen LogP) is 4.82. The molecule has 146 valence electrons. The van der Waals surface area contributed by atoms with Crippen LogP contribution in [0.4, 0.5) is 0 Å². The second-order valence-corrected chi connectivity index (χ2v) is 9.35. The van der Waals surface area contributed by atoms with Crippen molar-refractivity contribution in [3.05, 3.63) is 29.8 Å². The van der Waals surface area contributed by atoms with E-state index in [4.69, 9.17) is 4.42 Å². The van der Waals surface area contributed by atoms with Crippen LogP contribution >= 0.6 is 11.8 Å². The fourth-order valence-corrected chi connectivity index (χ4v) is 3.98. The molecule has 2 aromatic rings. The van der Waals surface area contributed by atoms with Gasteiger partial charge in [0.15, 0.2) is 0 Å². The molecule has 1 aromatic carbocycles. The molecule has 0 radical (unpaired) electrons. The molecule has 2 atom stereocenters. The maximum absolute atomic E-state index is 12.2. The van der Waals surface area contributed by atoms with Crippen molar-refractivity contribution >= 4 is 17.7 Å². The minimum Gasteiger partial charge on any atom is -0.411 e. The molecule has 6 heteroatoms. The van der Waals surface area contributed by atoms with Crippen LogP contribution in [0.15, 0.2) is 33.9 Å². The van der Waals surface area contributed by atoms with Crippen LogP contribution in [0, 0.1) is 5.92 Å². The third-order valence-corrected chi connectivity index (χ3v) is 6.01. The van der Waals surface area contributed by atoms with Gasteiger partial charge >= 0.3 is 0 Å². The predicted molar refractivity (Wildman–Crippen MR) is 109 cm³/mol. The highest BCUT2D eigenvalue weighted by atomic mass is 32.2. The first-order valence-electron chi connectivity index (χ1n) is 9.69. The third kappa shape index (κ3) is 5.34. The van der Waals surface area contributed by atoms with Gasteiger partial charge in [-0.2, -0.15) is 0 Å². The van der Waals surface area contributed by atoms with Gasteiger partial charge < -0.3 is 9.73 Å². The second kappa shape index (κ2) is 8.46. The quantitative estimate of drug-likeness (QED) is 0.745. The zero-order chi connectivity index (χ0) is 19.4. The summed E-state index contributed by atoms with van der Waals surface area (Å²) in [5.41, 5.74) is 2.26. The summed E-state index contributed by atoms with van der Waals surface area (Å²) < 4.78 is 5.72. The van der Waals surface area contributed by atoms with E-state index in [0.717, 1.165) is 12.0 Å². The SMILES string of the molecule is C[C@H]1CCCC[C@@H]1NC(=O)CSc1nnc(-c2ccc(C(C)(C)C)cc2)o1. The minimum atomic E-state index is 0.0352. The monoisotopic (exact) mass is 387 g/mol. The highest BCUT2D eigenvalue weighted by Gasteiger charge is 2.23. The molecule has 5 nitrogen and oxygen atoms in total. The highest BCUT2D eigenvalue weighted by Crippen LogP contribution is 2.27. The molecular weight excluding hydrogens is 358 g/mol. The van der Waals surface area contributed by atoms with E-state index in [0.29, 0.717) is 28.8 Å². The van der Waals surface area contributed by atoms with Gasteiger partial charge in [-0.25, -0.2) is 0 Å². The molecule has 1 N–H and O–H groups in total. The number of amides is 1. The summed E-state index contributed by atoms with van der Waals surface area (Å²) in [5.74, 6) is 1.37. The molecule has 1 fully saturated rings. The molecule has 0 unspecified atom stereocenters. The summed E-state index contributed by atoms with van der Waals surface area (Å²) in [4.78, 5) is 12.2. The lowest BCUT2D eigenvalue weighted by molar-refractivity contribution is -0.119. The van der Waals surface area contributed by atoms with Crippen molar-refractivity contribution in [1.82, 2.24) is 15.5 Å². The van der Waals surface area contributed by atoms with Crippen LogP contribution in [0.5, 0.6) is 0 Å². The second-order valence-electron chi connectivity index (χ2n) is 8.42. The van der Waals surface area contributed by atoms with E-state index in [1.165, 1.54) is 36.6 Å². The summed E-state index contributed by atoms with van der Waals surface area (Å²) in [5, 5.41) is 11.8. The fourth-order valence-electron chi connectivity index (χ4n) is 3.40. The zero-order valence-electron chi connectivity index (χ0n) is 16.6. The third-order valence-electron chi connectivity index (χ3n) is 5.19. The highest BCUT2D eigenvalue weighted by molar-refractivity contribution is 7.99.